The predicted molar refractivity (Wildman–Crippen MR) is 49.6 cm³/mol. The third-order valence-electron chi connectivity index (χ3n) is 1.90. The highest BCUT2D eigenvalue weighted by Gasteiger charge is 2.24. The summed E-state index contributed by atoms with van der Waals surface area (Å²) >= 11 is 0. The zero-order valence-corrected chi connectivity index (χ0v) is 7.85. The van der Waals surface area contributed by atoms with E-state index in [1.165, 1.54) is 0 Å². The van der Waals surface area contributed by atoms with Crippen molar-refractivity contribution in [3.05, 3.63) is 27.4 Å². The van der Waals surface area contributed by atoms with Crippen LogP contribution in [0.15, 0.2) is 6.20 Å². The van der Waals surface area contributed by atoms with Crippen LogP contribution in [0.2, 0.25) is 0 Å². The molecule has 2 N–H and O–H groups in total. The lowest BCUT2D eigenvalue weighted by molar-refractivity contribution is -0.388. The lowest BCUT2D eigenvalue weighted by Crippen LogP contribution is -2.06. The van der Waals surface area contributed by atoms with Crippen LogP contribution >= 0.6 is 0 Å². The molecule has 0 unspecified atom stereocenters. The number of hydrogen-bond acceptors (Lipinski definition) is 5. The maximum atomic E-state index is 12.5. The van der Waals surface area contributed by atoms with Crippen LogP contribution in [0.1, 0.15) is 17.6 Å². The van der Waals surface area contributed by atoms with E-state index < -0.39 is 34.8 Å². The van der Waals surface area contributed by atoms with Gasteiger partial charge in [-0.3, -0.25) is 0 Å². The Morgan fingerprint density at radius 1 is 1.69 bits per heavy atom. The lowest BCUT2D eigenvalue weighted by atomic mass is 10.1. The van der Waals surface area contributed by atoms with Gasteiger partial charge in [0.05, 0.1) is 18.1 Å². The van der Waals surface area contributed by atoms with Gasteiger partial charge in [0, 0.05) is 5.56 Å². The maximum absolute atomic E-state index is 12.5. The van der Waals surface area contributed by atoms with E-state index in [2.05, 4.69) is 4.98 Å². The van der Waals surface area contributed by atoms with Crippen LogP contribution in [0.4, 0.5) is 20.3 Å². The normalized spacial score (nSPS) is 10.1. The second-order valence-electron chi connectivity index (χ2n) is 2.82. The van der Waals surface area contributed by atoms with Gasteiger partial charge in [-0.15, -0.1) is 0 Å². The first kappa shape index (κ1) is 11.8. The number of aromatic nitrogens is 1. The summed E-state index contributed by atoms with van der Waals surface area (Å²) in [5.41, 5.74) is 4.05. The molecule has 84 valence electrons. The van der Waals surface area contributed by atoms with Gasteiger partial charge in [-0.1, -0.05) is 0 Å². The second-order valence-corrected chi connectivity index (χ2v) is 2.82. The van der Waals surface area contributed by atoms with Crippen LogP contribution in [0.5, 0.6) is 0 Å². The summed E-state index contributed by atoms with van der Waals surface area (Å²) in [5.74, 6) is -0.713. The summed E-state index contributed by atoms with van der Waals surface area (Å²) in [6.07, 6.45) is -2.63. The number of anilines is 1. The van der Waals surface area contributed by atoms with E-state index >= 15 is 0 Å². The van der Waals surface area contributed by atoms with Crippen LogP contribution in [0, 0.1) is 21.4 Å². The molecular formula is C8H6F2N4O2. The van der Waals surface area contributed by atoms with Gasteiger partial charge in [0.2, 0.25) is 0 Å². The Kier molecular flexibility index (Phi) is 3.30. The average molecular weight is 228 g/mol. The van der Waals surface area contributed by atoms with Gasteiger partial charge in [0.1, 0.15) is 11.9 Å². The van der Waals surface area contributed by atoms with Crippen molar-refractivity contribution >= 4 is 11.5 Å². The number of nitriles is 1. The number of halogens is 2. The van der Waals surface area contributed by atoms with E-state index in [9.17, 15) is 18.9 Å². The van der Waals surface area contributed by atoms with Crippen LogP contribution in [0.3, 0.4) is 0 Å². The fourth-order valence-corrected chi connectivity index (χ4v) is 1.18. The minimum atomic E-state index is -2.88. The van der Waals surface area contributed by atoms with Crippen molar-refractivity contribution in [2.24, 2.45) is 0 Å². The summed E-state index contributed by atoms with van der Waals surface area (Å²) in [6.45, 7) is 0. The van der Waals surface area contributed by atoms with Crippen LogP contribution in [0.25, 0.3) is 0 Å². The average Bonchev–Trinajstić information content (AvgIpc) is 2.20. The number of rotatable bonds is 3. The highest BCUT2D eigenvalue weighted by Crippen LogP contribution is 2.31. The fraction of sp³-hybridized carbons (Fsp3) is 0.250. The van der Waals surface area contributed by atoms with Gasteiger partial charge >= 0.3 is 5.82 Å². The van der Waals surface area contributed by atoms with Gasteiger partial charge in [0.25, 0.3) is 6.43 Å². The molecule has 0 saturated heterocycles. The standard InChI is InChI=1S/C8H6F2N4O2/c9-7(10)5-3-13-8(14(15)16)6(12)4(5)1-2-11/h3,7H,1,12H2. The Labute approximate surface area is 88.5 Å². The summed E-state index contributed by atoms with van der Waals surface area (Å²) in [4.78, 5) is 12.8. The number of nitrogens with zero attached hydrogens (tertiary/aromatic N) is 3. The van der Waals surface area contributed by atoms with Crippen molar-refractivity contribution in [3.8, 4) is 6.07 Å². The molecule has 0 bridgehead atoms. The van der Waals surface area contributed by atoms with Crippen molar-refractivity contribution in [1.29, 1.82) is 5.26 Å². The Morgan fingerprint density at radius 2 is 2.31 bits per heavy atom. The van der Waals surface area contributed by atoms with Gasteiger partial charge in [-0.25, -0.2) is 8.78 Å². The SMILES string of the molecule is N#CCc1c(C(F)F)cnc([N+](=O)[O-])c1N. The Balaban J connectivity index is 3.42. The molecule has 1 heterocycles. The minimum Gasteiger partial charge on any atom is -0.392 e. The number of alkyl halides is 2. The third kappa shape index (κ3) is 2.03. The maximum Gasteiger partial charge on any atom is 0.387 e. The monoisotopic (exact) mass is 228 g/mol. The van der Waals surface area contributed by atoms with Crippen molar-refractivity contribution in [2.45, 2.75) is 12.8 Å². The Morgan fingerprint density at radius 3 is 2.75 bits per heavy atom. The molecule has 0 aliphatic rings. The van der Waals surface area contributed by atoms with Crippen LogP contribution in [-0.4, -0.2) is 9.91 Å². The molecule has 0 aromatic carbocycles. The van der Waals surface area contributed by atoms with E-state index in [1.807, 2.05) is 0 Å². The van der Waals surface area contributed by atoms with Gasteiger partial charge < -0.3 is 15.8 Å². The van der Waals surface area contributed by atoms with Gasteiger partial charge in [-0.2, -0.15) is 5.26 Å². The minimum absolute atomic E-state index is 0.237. The molecule has 6 nitrogen and oxygen atoms in total. The van der Waals surface area contributed by atoms with Gasteiger partial charge in [-0.05, 0) is 9.91 Å². The topological polar surface area (TPSA) is 106 Å². The quantitative estimate of drug-likeness (QED) is 0.624. The second kappa shape index (κ2) is 4.48. The number of nitrogens with two attached hydrogens (primary N) is 1. The lowest BCUT2D eigenvalue weighted by Gasteiger charge is -2.07. The molecule has 1 rings (SSSR count). The van der Waals surface area contributed by atoms with E-state index in [4.69, 9.17) is 11.0 Å². The number of pyridine rings is 1. The summed E-state index contributed by atoms with van der Waals surface area (Å²) < 4.78 is 25.0. The molecule has 0 radical (unpaired) electrons. The molecule has 0 saturated carbocycles. The molecule has 0 amide bonds. The fourth-order valence-electron chi connectivity index (χ4n) is 1.18. The van der Waals surface area contributed by atoms with Crippen molar-refractivity contribution < 1.29 is 13.7 Å². The first-order chi connectivity index (χ1) is 7.49. The molecule has 0 aliphatic carbocycles. The largest absolute Gasteiger partial charge is 0.392 e. The molecule has 0 atom stereocenters. The smallest absolute Gasteiger partial charge is 0.387 e. The zero-order chi connectivity index (χ0) is 12.3. The molecule has 16 heavy (non-hydrogen) atoms. The highest BCUT2D eigenvalue weighted by atomic mass is 19.3. The summed E-state index contributed by atoms with van der Waals surface area (Å²) in [6, 6.07) is 1.62. The molecule has 1 aromatic rings. The molecule has 0 aliphatic heterocycles. The Hall–Kier alpha value is -2.30. The van der Waals surface area contributed by atoms with Crippen LogP contribution < -0.4 is 5.73 Å². The summed E-state index contributed by atoms with van der Waals surface area (Å²) in [7, 11) is 0. The molecule has 1 aromatic heterocycles. The van der Waals surface area contributed by atoms with E-state index in [0.717, 1.165) is 0 Å². The molecule has 0 spiro atoms. The van der Waals surface area contributed by atoms with E-state index in [1.54, 1.807) is 6.07 Å². The van der Waals surface area contributed by atoms with Crippen LogP contribution in [-0.2, 0) is 6.42 Å². The van der Waals surface area contributed by atoms with Crippen molar-refractivity contribution in [2.75, 3.05) is 5.73 Å². The third-order valence-corrected chi connectivity index (χ3v) is 1.90. The van der Waals surface area contributed by atoms with Gasteiger partial charge in [0.15, 0.2) is 0 Å². The number of nitro groups is 1. The number of nitrogen functional groups attached to an aromatic ring is 1. The molecular weight excluding hydrogens is 222 g/mol. The zero-order valence-electron chi connectivity index (χ0n) is 7.85. The predicted octanol–water partition coefficient (Wildman–Crippen LogP) is 1.58. The first-order valence-corrected chi connectivity index (χ1v) is 4.05. The van der Waals surface area contributed by atoms with Crippen molar-refractivity contribution in [3.63, 3.8) is 0 Å². The van der Waals surface area contributed by atoms with E-state index in [-0.39, 0.29) is 5.56 Å². The van der Waals surface area contributed by atoms with Crippen molar-refractivity contribution in [1.82, 2.24) is 4.98 Å². The first-order valence-electron chi connectivity index (χ1n) is 4.05. The Bertz CT molecular complexity index is 470. The molecule has 8 heteroatoms. The number of hydrogen-bond donors (Lipinski definition) is 1. The summed E-state index contributed by atoms with van der Waals surface area (Å²) in [5, 5.41) is 18.9. The highest BCUT2D eigenvalue weighted by molar-refractivity contribution is 5.62. The molecule has 0 fully saturated rings. The van der Waals surface area contributed by atoms with E-state index in [0.29, 0.717) is 6.20 Å².